The van der Waals surface area contributed by atoms with Crippen molar-refractivity contribution < 1.29 is 32.7 Å². The number of carboxylic acid groups (broad SMARTS) is 1. The minimum atomic E-state index is -4.61. The van der Waals surface area contributed by atoms with E-state index in [2.05, 4.69) is 10.6 Å². The maximum atomic E-state index is 13.0. The van der Waals surface area contributed by atoms with Crippen LogP contribution in [0, 0.1) is 0 Å². The van der Waals surface area contributed by atoms with Gasteiger partial charge >= 0.3 is 12.1 Å². The van der Waals surface area contributed by atoms with Crippen LogP contribution >= 0.6 is 0 Å². The molecule has 2 aromatic rings. The molecule has 140 valence electrons. The zero-order valence-corrected chi connectivity index (χ0v) is 13.6. The standard InChI is InChI=1S/C18H13F3N2O4/c19-18(20,21)13-3-1-2-4-14(13)23-17(27)11-5-7-12(8-6-11)22-15(24)9-10-16(25)26/h1-10H,(H,22,24)(H,23,27)(H,25,26)/b10-9-. The molecule has 2 amide bonds. The van der Waals surface area contributed by atoms with Gasteiger partial charge in [-0.1, -0.05) is 12.1 Å². The number of hydrogen-bond donors (Lipinski definition) is 3. The Balaban J connectivity index is 2.09. The molecule has 0 saturated heterocycles. The maximum absolute atomic E-state index is 13.0. The molecule has 0 unspecified atom stereocenters. The van der Waals surface area contributed by atoms with Crippen molar-refractivity contribution in [3.63, 3.8) is 0 Å². The Morgan fingerprint density at radius 2 is 1.52 bits per heavy atom. The minimum Gasteiger partial charge on any atom is -0.478 e. The maximum Gasteiger partial charge on any atom is 0.418 e. The summed E-state index contributed by atoms with van der Waals surface area (Å²) in [5.74, 6) is -2.72. The number of benzene rings is 2. The van der Waals surface area contributed by atoms with Gasteiger partial charge in [-0.3, -0.25) is 9.59 Å². The highest BCUT2D eigenvalue weighted by Gasteiger charge is 2.33. The third kappa shape index (κ3) is 5.70. The highest BCUT2D eigenvalue weighted by Crippen LogP contribution is 2.34. The van der Waals surface area contributed by atoms with E-state index >= 15 is 0 Å². The molecule has 0 aliphatic carbocycles. The molecule has 0 bridgehead atoms. The molecule has 2 aromatic carbocycles. The second-order valence-corrected chi connectivity index (χ2v) is 5.24. The van der Waals surface area contributed by atoms with Gasteiger partial charge < -0.3 is 15.7 Å². The van der Waals surface area contributed by atoms with Gasteiger partial charge in [0.25, 0.3) is 5.91 Å². The molecule has 9 heteroatoms. The number of hydrogen-bond acceptors (Lipinski definition) is 3. The number of carboxylic acids is 1. The summed E-state index contributed by atoms with van der Waals surface area (Å²) in [7, 11) is 0. The molecule has 0 atom stereocenters. The van der Waals surface area contributed by atoms with E-state index in [9.17, 15) is 27.6 Å². The van der Waals surface area contributed by atoms with E-state index in [0.29, 0.717) is 6.08 Å². The fraction of sp³-hybridized carbons (Fsp3) is 0.0556. The number of carbonyl (C=O) groups excluding carboxylic acids is 2. The first kappa shape index (κ1) is 19.7. The second-order valence-electron chi connectivity index (χ2n) is 5.24. The molecule has 0 fully saturated rings. The van der Waals surface area contributed by atoms with Crippen LogP contribution in [0.15, 0.2) is 60.7 Å². The van der Waals surface area contributed by atoms with Crippen molar-refractivity contribution in [2.24, 2.45) is 0 Å². The smallest absolute Gasteiger partial charge is 0.418 e. The van der Waals surface area contributed by atoms with E-state index in [4.69, 9.17) is 5.11 Å². The summed E-state index contributed by atoms with van der Waals surface area (Å²) in [5, 5.41) is 13.0. The predicted molar refractivity (Wildman–Crippen MR) is 91.2 cm³/mol. The van der Waals surface area contributed by atoms with Crippen molar-refractivity contribution in [1.29, 1.82) is 0 Å². The lowest BCUT2D eigenvalue weighted by Gasteiger charge is -2.13. The summed E-state index contributed by atoms with van der Waals surface area (Å²) in [6, 6.07) is 9.92. The van der Waals surface area contributed by atoms with Gasteiger partial charge in [-0.05, 0) is 36.4 Å². The fourth-order valence-corrected chi connectivity index (χ4v) is 2.07. The molecule has 0 aliphatic rings. The van der Waals surface area contributed by atoms with Crippen LogP contribution in [0.3, 0.4) is 0 Å². The summed E-state index contributed by atoms with van der Waals surface area (Å²) in [6.07, 6.45) is -3.13. The molecule has 3 N–H and O–H groups in total. The second kappa shape index (κ2) is 8.17. The molecule has 0 spiro atoms. The lowest BCUT2D eigenvalue weighted by Crippen LogP contribution is -2.16. The van der Waals surface area contributed by atoms with Crippen molar-refractivity contribution in [2.45, 2.75) is 6.18 Å². The van der Waals surface area contributed by atoms with Crippen LogP contribution in [-0.4, -0.2) is 22.9 Å². The van der Waals surface area contributed by atoms with Gasteiger partial charge in [-0.2, -0.15) is 13.2 Å². The lowest BCUT2D eigenvalue weighted by molar-refractivity contribution is -0.137. The lowest BCUT2D eigenvalue weighted by atomic mass is 10.1. The zero-order chi connectivity index (χ0) is 20.0. The number of alkyl halides is 3. The number of para-hydroxylation sites is 1. The molecule has 0 aromatic heterocycles. The van der Waals surface area contributed by atoms with E-state index in [1.54, 1.807) is 0 Å². The quantitative estimate of drug-likeness (QED) is 0.694. The number of anilines is 2. The molecule has 2 rings (SSSR count). The first-order chi connectivity index (χ1) is 12.7. The molecule has 0 aliphatic heterocycles. The molecule has 27 heavy (non-hydrogen) atoms. The number of rotatable bonds is 5. The zero-order valence-electron chi connectivity index (χ0n) is 13.6. The van der Waals surface area contributed by atoms with Crippen molar-refractivity contribution in [3.05, 3.63) is 71.8 Å². The monoisotopic (exact) mass is 378 g/mol. The first-order valence-corrected chi connectivity index (χ1v) is 7.46. The Labute approximate surface area is 151 Å². The largest absolute Gasteiger partial charge is 0.478 e. The third-order valence-electron chi connectivity index (χ3n) is 3.27. The average molecular weight is 378 g/mol. The van der Waals surface area contributed by atoms with E-state index in [-0.39, 0.29) is 16.9 Å². The molecule has 0 heterocycles. The number of carbonyl (C=O) groups is 3. The van der Waals surface area contributed by atoms with Gasteiger partial charge in [-0.15, -0.1) is 0 Å². The number of nitrogens with one attached hydrogen (secondary N) is 2. The highest BCUT2D eigenvalue weighted by atomic mass is 19.4. The topological polar surface area (TPSA) is 95.5 Å². The highest BCUT2D eigenvalue weighted by molar-refractivity contribution is 6.05. The molecular formula is C18H13F3N2O4. The Hall–Kier alpha value is -3.62. The third-order valence-corrected chi connectivity index (χ3v) is 3.27. The van der Waals surface area contributed by atoms with E-state index in [1.807, 2.05) is 0 Å². The number of amides is 2. The Morgan fingerprint density at radius 3 is 2.11 bits per heavy atom. The van der Waals surface area contributed by atoms with Crippen molar-refractivity contribution in [2.75, 3.05) is 10.6 Å². The van der Waals surface area contributed by atoms with Gasteiger partial charge in [0.05, 0.1) is 11.3 Å². The molecule has 0 saturated carbocycles. The summed E-state index contributed by atoms with van der Waals surface area (Å²) in [4.78, 5) is 34.0. The van der Waals surface area contributed by atoms with E-state index in [1.165, 1.54) is 36.4 Å². The van der Waals surface area contributed by atoms with Gasteiger partial charge in [0, 0.05) is 23.4 Å². The first-order valence-electron chi connectivity index (χ1n) is 7.46. The van der Waals surface area contributed by atoms with Crippen molar-refractivity contribution in [3.8, 4) is 0 Å². The van der Waals surface area contributed by atoms with E-state index in [0.717, 1.165) is 18.2 Å². The van der Waals surface area contributed by atoms with Crippen molar-refractivity contribution in [1.82, 2.24) is 0 Å². The van der Waals surface area contributed by atoms with Crippen molar-refractivity contribution >= 4 is 29.2 Å². The average Bonchev–Trinajstić information content (AvgIpc) is 2.60. The SMILES string of the molecule is O=C(O)/C=C\C(=O)Nc1ccc(C(=O)Nc2ccccc2C(F)(F)F)cc1. The molecular weight excluding hydrogens is 365 g/mol. The minimum absolute atomic E-state index is 0.0751. The predicted octanol–water partition coefficient (Wildman–Crippen LogP) is 3.54. The Bertz CT molecular complexity index is 890. The number of halogens is 3. The van der Waals surface area contributed by atoms with Gasteiger partial charge in [0.15, 0.2) is 0 Å². The van der Waals surface area contributed by atoms with Gasteiger partial charge in [0.2, 0.25) is 5.91 Å². The molecule has 0 radical (unpaired) electrons. The van der Waals surface area contributed by atoms with E-state index < -0.39 is 29.5 Å². The summed E-state index contributed by atoms with van der Waals surface area (Å²) in [5.41, 5.74) is -0.980. The Kier molecular flexibility index (Phi) is 5.96. The van der Waals surface area contributed by atoms with Crippen LogP contribution in [-0.2, 0) is 15.8 Å². The number of aliphatic carboxylic acids is 1. The van der Waals surface area contributed by atoms with Gasteiger partial charge in [0.1, 0.15) is 0 Å². The van der Waals surface area contributed by atoms with Crippen LogP contribution in [0.25, 0.3) is 0 Å². The molecule has 6 nitrogen and oxygen atoms in total. The Morgan fingerprint density at radius 1 is 0.889 bits per heavy atom. The van der Waals surface area contributed by atoms with Crippen LogP contribution in [0.2, 0.25) is 0 Å². The van der Waals surface area contributed by atoms with Crippen LogP contribution in [0.5, 0.6) is 0 Å². The summed E-state index contributed by atoms with van der Waals surface area (Å²) in [6.45, 7) is 0. The fourth-order valence-electron chi connectivity index (χ4n) is 2.07. The van der Waals surface area contributed by atoms with Crippen LogP contribution in [0.4, 0.5) is 24.5 Å². The van der Waals surface area contributed by atoms with Crippen LogP contribution in [0.1, 0.15) is 15.9 Å². The van der Waals surface area contributed by atoms with Crippen LogP contribution < -0.4 is 10.6 Å². The summed E-state index contributed by atoms with van der Waals surface area (Å²) < 4.78 is 38.9. The normalized spacial score (nSPS) is 11.2. The van der Waals surface area contributed by atoms with Gasteiger partial charge in [-0.25, -0.2) is 4.79 Å². The summed E-state index contributed by atoms with van der Waals surface area (Å²) >= 11 is 0.